The molecular formula is C20H22ClFN4O4. The first kappa shape index (κ1) is 20.6. The van der Waals surface area contributed by atoms with E-state index in [-0.39, 0.29) is 23.3 Å². The lowest BCUT2D eigenvalue weighted by Crippen LogP contribution is -2.65. The summed E-state index contributed by atoms with van der Waals surface area (Å²) in [6.45, 7) is -0.273. The number of hydrogen-bond donors (Lipinski definition) is 3. The molecule has 0 saturated heterocycles. The molecule has 1 heterocycles. The number of halogens is 2. The number of nitrogens with one attached hydrogen (secondary N) is 1. The molecule has 2 bridgehead atoms. The van der Waals surface area contributed by atoms with Crippen LogP contribution in [0.4, 0.5) is 4.39 Å². The number of aliphatic hydroxyl groups is 1. The lowest BCUT2D eigenvalue weighted by Gasteiger charge is -2.56. The molecule has 1 atom stereocenters. The highest BCUT2D eigenvalue weighted by molar-refractivity contribution is 6.30. The fourth-order valence-electron chi connectivity index (χ4n) is 4.56. The predicted octanol–water partition coefficient (Wildman–Crippen LogP) is 1.74. The fraction of sp³-hybridized carbons (Fsp3) is 0.450. The van der Waals surface area contributed by atoms with Crippen LogP contribution in [0.1, 0.15) is 42.5 Å². The molecule has 0 radical (unpaired) electrons. The van der Waals surface area contributed by atoms with Gasteiger partial charge in [-0.05, 0) is 44.2 Å². The summed E-state index contributed by atoms with van der Waals surface area (Å²) in [5, 5.41) is 18.1. The average Bonchev–Trinajstić information content (AvgIpc) is 3.21. The molecule has 0 aliphatic heterocycles. The number of amides is 2. The Morgan fingerprint density at radius 1 is 1.37 bits per heavy atom. The van der Waals surface area contributed by atoms with Crippen molar-refractivity contribution >= 4 is 23.4 Å². The molecule has 3 fully saturated rings. The number of carbonyl (C=O) groups excluding carboxylic acids is 2. The van der Waals surface area contributed by atoms with Crippen molar-refractivity contribution in [2.45, 2.75) is 49.3 Å². The highest BCUT2D eigenvalue weighted by Crippen LogP contribution is 2.50. The number of hydrogen-bond acceptors (Lipinski definition) is 5. The van der Waals surface area contributed by atoms with Gasteiger partial charge in [-0.25, -0.2) is 4.39 Å². The Morgan fingerprint density at radius 3 is 2.70 bits per heavy atom. The first-order valence-corrected chi connectivity index (χ1v) is 10.0. The van der Waals surface area contributed by atoms with E-state index in [0.717, 1.165) is 6.07 Å². The second kappa shape index (κ2) is 7.55. The van der Waals surface area contributed by atoms with E-state index < -0.39 is 28.9 Å². The molecular weight excluding hydrogens is 415 g/mol. The summed E-state index contributed by atoms with van der Waals surface area (Å²) in [7, 11) is 0. The molecule has 3 aliphatic rings. The van der Waals surface area contributed by atoms with Crippen LogP contribution in [0.3, 0.4) is 0 Å². The monoisotopic (exact) mass is 436 g/mol. The zero-order valence-electron chi connectivity index (χ0n) is 16.1. The van der Waals surface area contributed by atoms with E-state index in [9.17, 15) is 19.1 Å². The van der Waals surface area contributed by atoms with Crippen molar-refractivity contribution in [1.82, 2.24) is 15.1 Å². The zero-order valence-corrected chi connectivity index (χ0v) is 16.9. The van der Waals surface area contributed by atoms with E-state index in [0.29, 0.717) is 37.7 Å². The van der Waals surface area contributed by atoms with Crippen LogP contribution in [-0.4, -0.2) is 45.0 Å². The summed E-state index contributed by atoms with van der Waals surface area (Å²) >= 11 is 5.64. The van der Waals surface area contributed by atoms with Crippen LogP contribution in [0.5, 0.6) is 5.75 Å². The van der Waals surface area contributed by atoms with E-state index in [4.69, 9.17) is 22.1 Å². The second-order valence-electron chi connectivity index (χ2n) is 8.05. The minimum Gasteiger partial charge on any atom is -0.484 e. The van der Waals surface area contributed by atoms with Gasteiger partial charge in [0.25, 0.3) is 11.8 Å². The van der Waals surface area contributed by atoms with Crippen LogP contribution in [0.15, 0.2) is 30.6 Å². The van der Waals surface area contributed by atoms with Gasteiger partial charge in [0.15, 0.2) is 6.61 Å². The molecule has 1 aromatic carbocycles. The van der Waals surface area contributed by atoms with Crippen LogP contribution in [0, 0.1) is 5.82 Å². The number of carbonyl (C=O) groups is 2. The van der Waals surface area contributed by atoms with Crippen molar-refractivity contribution < 1.29 is 23.8 Å². The number of aromatic nitrogens is 2. The molecule has 3 saturated carbocycles. The Balaban J connectivity index is 1.39. The lowest BCUT2D eigenvalue weighted by molar-refractivity contribution is -0.132. The molecule has 160 valence electrons. The van der Waals surface area contributed by atoms with E-state index in [1.165, 1.54) is 18.3 Å². The van der Waals surface area contributed by atoms with Crippen LogP contribution in [0.25, 0.3) is 0 Å². The van der Waals surface area contributed by atoms with Gasteiger partial charge in [0.2, 0.25) is 0 Å². The van der Waals surface area contributed by atoms with Crippen molar-refractivity contribution in [1.29, 1.82) is 0 Å². The van der Waals surface area contributed by atoms with E-state index in [1.54, 1.807) is 10.9 Å². The van der Waals surface area contributed by atoms with Gasteiger partial charge in [-0.15, -0.1) is 0 Å². The van der Waals surface area contributed by atoms with Crippen molar-refractivity contribution in [2.75, 3.05) is 6.61 Å². The summed E-state index contributed by atoms with van der Waals surface area (Å²) in [6, 6.07) is 3.97. The Hall–Kier alpha value is -2.65. The molecule has 2 aromatic rings. The first-order valence-electron chi connectivity index (χ1n) is 9.65. The van der Waals surface area contributed by atoms with Crippen LogP contribution < -0.4 is 15.8 Å². The molecule has 10 heteroatoms. The zero-order chi connectivity index (χ0) is 21.5. The van der Waals surface area contributed by atoms with E-state index in [1.807, 2.05) is 0 Å². The van der Waals surface area contributed by atoms with Crippen LogP contribution in [-0.2, 0) is 10.3 Å². The number of nitrogens with two attached hydrogens (primary N) is 1. The van der Waals surface area contributed by atoms with Crippen LogP contribution in [0.2, 0.25) is 5.02 Å². The molecule has 8 nitrogen and oxygen atoms in total. The Kier molecular flexibility index (Phi) is 5.19. The van der Waals surface area contributed by atoms with Gasteiger partial charge in [0, 0.05) is 17.8 Å². The number of rotatable bonds is 6. The maximum absolute atomic E-state index is 13.5. The lowest BCUT2D eigenvalue weighted by atomic mass is 9.60. The molecule has 0 spiro atoms. The molecule has 2 amide bonds. The molecule has 1 aromatic heterocycles. The van der Waals surface area contributed by atoms with Crippen molar-refractivity contribution in [3.63, 3.8) is 0 Å². The summed E-state index contributed by atoms with van der Waals surface area (Å²) < 4.78 is 20.5. The van der Waals surface area contributed by atoms with Crippen molar-refractivity contribution in [3.8, 4) is 5.75 Å². The smallest absolute Gasteiger partial charge is 0.258 e. The molecule has 4 N–H and O–H groups in total. The van der Waals surface area contributed by atoms with E-state index >= 15 is 0 Å². The minimum atomic E-state index is -0.743. The first-order chi connectivity index (χ1) is 14.2. The number of nitrogens with zero attached hydrogens (tertiary/aromatic N) is 2. The summed E-state index contributed by atoms with van der Waals surface area (Å²) in [5.74, 6) is -1.33. The van der Waals surface area contributed by atoms with Gasteiger partial charge in [-0.2, -0.15) is 5.10 Å². The summed E-state index contributed by atoms with van der Waals surface area (Å²) in [5.41, 5.74) is 4.45. The summed E-state index contributed by atoms with van der Waals surface area (Å²) in [6.07, 6.45) is 5.08. The van der Waals surface area contributed by atoms with Gasteiger partial charge in [-0.1, -0.05) is 11.6 Å². The van der Waals surface area contributed by atoms with Gasteiger partial charge in [0.05, 0.1) is 28.4 Å². The topological polar surface area (TPSA) is 119 Å². The third-order valence-corrected chi connectivity index (χ3v) is 6.57. The third kappa shape index (κ3) is 3.63. The predicted molar refractivity (Wildman–Crippen MR) is 106 cm³/mol. The number of aliphatic hydroxyl groups excluding tert-OH is 1. The minimum absolute atomic E-state index is 0.0206. The SMILES string of the molecule is NC(=O)c1cnn(C23CCC(NC(=O)COc4ccc(Cl)c(F)c4)(CC2)CC3O)c1. The van der Waals surface area contributed by atoms with Gasteiger partial charge in [-0.3, -0.25) is 14.3 Å². The highest BCUT2D eigenvalue weighted by atomic mass is 35.5. The normalized spacial score (nSPS) is 27.6. The number of benzene rings is 1. The quantitative estimate of drug-likeness (QED) is 0.637. The molecule has 5 rings (SSSR count). The summed E-state index contributed by atoms with van der Waals surface area (Å²) in [4.78, 5) is 23.8. The van der Waals surface area contributed by atoms with Gasteiger partial charge >= 0.3 is 0 Å². The molecule has 3 aliphatic carbocycles. The second-order valence-corrected chi connectivity index (χ2v) is 8.46. The Bertz CT molecular complexity index is 987. The number of fused-ring (bicyclic) bond motifs is 3. The highest BCUT2D eigenvalue weighted by Gasteiger charge is 2.56. The Morgan fingerprint density at radius 2 is 2.10 bits per heavy atom. The van der Waals surface area contributed by atoms with E-state index in [2.05, 4.69) is 10.4 Å². The Labute approximate surface area is 177 Å². The standard InChI is InChI=1S/C20H22ClFN4O4/c21-14-2-1-13(7-15(14)22)30-11-17(28)25-19-3-5-20(6-4-19,16(27)8-19)26-10-12(9-24-26)18(23)29/h1-2,7,9-10,16,27H,3-6,8,11H2,(H2,23,29)(H,25,28). The van der Waals surface area contributed by atoms with Gasteiger partial charge < -0.3 is 20.9 Å². The number of ether oxygens (including phenoxy) is 1. The fourth-order valence-corrected chi connectivity index (χ4v) is 4.68. The average molecular weight is 437 g/mol. The largest absolute Gasteiger partial charge is 0.484 e. The van der Waals surface area contributed by atoms with Crippen molar-refractivity contribution in [2.24, 2.45) is 5.73 Å². The maximum Gasteiger partial charge on any atom is 0.258 e. The molecule has 30 heavy (non-hydrogen) atoms. The van der Waals surface area contributed by atoms with Crippen molar-refractivity contribution in [3.05, 3.63) is 47.0 Å². The maximum atomic E-state index is 13.5. The molecule has 1 unspecified atom stereocenters. The van der Waals surface area contributed by atoms with Gasteiger partial charge in [0.1, 0.15) is 11.6 Å². The third-order valence-electron chi connectivity index (χ3n) is 6.27. The number of primary amides is 1. The van der Waals surface area contributed by atoms with Crippen LogP contribution >= 0.6 is 11.6 Å².